The molecule has 5 nitrogen and oxygen atoms in total. The van der Waals surface area contributed by atoms with Crippen molar-refractivity contribution in [1.29, 1.82) is 0 Å². The molecule has 8 heteroatoms. The first-order chi connectivity index (χ1) is 9.63. The third-order valence-corrected chi connectivity index (χ3v) is 3.47. The van der Waals surface area contributed by atoms with E-state index in [1.807, 2.05) is 13.8 Å². The second kappa shape index (κ2) is 6.30. The monoisotopic (exact) mass is 304 g/mol. The van der Waals surface area contributed by atoms with Crippen LogP contribution in [0.2, 0.25) is 0 Å². The molecule has 1 rings (SSSR count). The van der Waals surface area contributed by atoms with Crippen molar-refractivity contribution in [1.82, 2.24) is 4.98 Å². The minimum Gasteiger partial charge on any atom is -0.368 e. The van der Waals surface area contributed by atoms with Crippen LogP contribution in [0.3, 0.4) is 0 Å². The molecule has 0 fully saturated rings. The van der Waals surface area contributed by atoms with E-state index in [1.54, 1.807) is 0 Å². The van der Waals surface area contributed by atoms with Crippen LogP contribution in [0, 0.1) is 0 Å². The van der Waals surface area contributed by atoms with Gasteiger partial charge in [0.1, 0.15) is 11.5 Å². The molecule has 1 heterocycles. The molecule has 1 aromatic rings. The first kappa shape index (κ1) is 17.2. The summed E-state index contributed by atoms with van der Waals surface area (Å²) in [7, 11) is 0. The average molecular weight is 304 g/mol. The number of pyridine rings is 1. The fraction of sp³-hybridized carbons (Fsp3) is 0.538. The van der Waals surface area contributed by atoms with Gasteiger partial charge in [-0.25, -0.2) is 4.98 Å². The highest BCUT2D eigenvalue weighted by molar-refractivity contribution is 5.97. The van der Waals surface area contributed by atoms with Crippen molar-refractivity contribution in [3.8, 4) is 0 Å². The molecule has 0 aromatic carbocycles. The molecule has 0 saturated heterocycles. The molecular formula is C13H19F3N4O. The summed E-state index contributed by atoms with van der Waals surface area (Å²) in [6, 6.07) is 1.73. The van der Waals surface area contributed by atoms with Gasteiger partial charge in [-0.3, -0.25) is 4.79 Å². The van der Waals surface area contributed by atoms with E-state index < -0.39 is 23.3 Å². The highest BCUT2D eigenvalue weighted by Crippen LogP contribution is 2.29. The van der Waals surface area contributed by atoms with Gasteiger partial charge in [-0.05, 0) is 25.0 Å². The van der Waals surface area contributed by atoms with Crippen LogP contribution in [0.25, 0.3) is 0 Å². The number of carbonyl (C=O) groups excluding carboxylic acids is 1. The lowest BCUT2D eigenvalue weighted by molar-refractivity contribution is -0.141. The highest BCUT2D eigenvalue weighted by atomic mass is 19.4. The summed E-state index contributed by atoms with van der Waals surface area (Å²) >= 11 is 0. The standard InChI is InChI=1S/C13H19F3N4O/c1-3-12(18,4-2)7-19-11-8(10(17)21)5-6-9(20-11)13(14,15)16/h5-6H,3-4,7,18H2,1-2H3,(H2,17,21)(H,19,20). The number of anilines is 1. The minimum absolute atomic E-state index is 0.0995. The zero-order chi connectivity index (χ0) is 16.3. The Bertz CT molecular complexity index is 513. The molecule has 0 saturated carbocycles. The third-order valence-electron chi connectivity index (χ3n) is 3.47. The van der Waals surface area contributed by atoms with Gasteiger partial charge in [-0.15, -0.1) is 0 Å². The predicted octanol–water partition coefficient (Wildman–Crippen LogP) is 2.13. The van der Waals surface area contributed by atoms with Crippen molar-refractivity contribution in [2.45, 2.75) is 38.4 Å². The summed E-state index contributed by atoms with van der Waals surface area (Å²) in [6.07, 6.45) is -3.34. The summed E-state index contributed by atoms with van der Waals surface area (Å²) in [5, 5.41) is 2.71. The van der Waals surface area contributed by atoms with Crippen LogP contribution in [0.4, 0.5) is 19.0 Å². The number of amides is 1. The SMILES string of the molecule is CCC(N)(CC)CNc1nc(C(F)(F)F)ccc1C(N)=O. The average Bonchev–Trinajstić information content (AvgIpc) is 2.43. The Morgan fingerprint density at radius 1 is 1.29 bits per heavy atom. The largest absolute Gasteiger partial charge is 0.433 e. The molecule has 0 aliphatic carbocycles. The molecule has 0 atom stereocenters. The Kier molecular flexibility index (Phi) is 5.16. The molecule has 118 valence electrons. The summed E-state index contributed by atoms with van der Waals surface area (Å²) in [6.45, 7) is 3.94. The van der Waals surface area contributed by atoms with E-state index in [0.717, 1.165) is 12.1 Å². The number of alkyl halides is 3. The number of hydrogen-bond donors (Lipinski definition) is 3. The third kappa shape index (κ3) is 4.32. The molecule has 0 aliphatic heterocycles. The van der Waals surface area contributed by atoms with Gasteiger partial charge in [0.15, 0.2) is 0 Å². The molecule has 1 aromatic heterocycles. The van der Waals surface area contributed by atoms with E-state index in [1.165, 1.54) is 0 Å². The molecule has 0 radical (unpaired) electrons. The molecule has 0 spiro atoms. The molecular weight excluding hydrogens is 285 g/mol. The summed E-state index contributed by atoms with van der Waals surface area (Å²) in [5.74, 6) is -1.05. The Balaban J connectivity index is 3.10. The van der Waals surface area contributed by atoms with Gasteiger partial charge in [-0.2, -0.15) is 13.2 Å². The van der Waals surface area contributed by atoms with E-state index in [4.69, 9.17) is 11.5 Å². The number of hydrogen-bond acceptors (Lipinski definition) is 4. The van der Waals surface area contributed by atoms with Crippen LogP contribution >= 0.6 is 0 Å². The summed E-state index contributed by atoms with van der Waals surface area (Å²) < 4.78 is 38.0. The number of carbonyl (C=O) groups is 1. The molecule has 0 unspecified atom stereocenters. The van der Waals surface area contributed by atoms with Crippen molar-refractivity contribution in [2.75, 3.05) is 11.9 Å². The van der Waals surface area contributed by atoms with Gasteiger partial charge < -0.3 is 16.8 Å². The first-order valence-corrected chi connectivity index (χ1v) is 6.53. The number of nitrogens with two attached hydrogens (primary N) is 2. The fourth-order valence-corrected chi connectivity index (χ4v) is 1.71. The maximum absolute atomic E-state index is 12.7. The van der Waals surface area contributed by atoms with Crippen LogP contribution in [0.5, 0.6) is 0 Å². The molecule has 21 heavy (non-hydrogen) atoms. The Labute approximate surface area is 120 Å². The van der Waals surface area contributed by atoms with Crippen LogP contribution in [0.15, 0.2) is 12.1 Å². The van der Waals surface area contributed by atoms with Gasteiger partial charge in [0.2, 0.25) is 0 Å². The topological polar surface area (TPSA) is 94.0 Å². The normalized spacial score (nSPS) is 12.3. The minimum atomic E-state index is -4.60. The van der Waals surface area contributed by atoms with Crippen LogP contribution < -0.4 is 16.8 Å². The van der Waals surface area contributed by atoms with E-state index in [0.29, 0.717) is 12.8 Å². The van der Waals surface area contributed by atoms with Crippen LogP contribution in [-0.2, 0) is 6.18 Å². The lowest BCUT2D eigenvalue weighted by Crippen LogP contribution is -2.45. The van der Waals surface area contributed by atoms with Crippen molar-refractivity contribution in [3.05, 3.63) is 23.4 Å². The molecule has 5 N–H and O–H groups in total. The molecule has 0 aliphatic rings. The van der Waals surface area contributed by atoms with Crippen LogP contribution in [0.1, 0.15) is 42.7 Å². The maximum Gasteiger partial charge on any atom is 0.433 e. The Hall–Kier alpha value is -1.83. The lowest BCUT2D eigenvalue weighted by Gasteiger charge is -2.27. The molecule has 0 bridgehead atoms. The van der Waals surface area contributed by atoms with Crippen LogP contribution in [-0.4, -0.2) is 23.0 Å². The number of primary amides is 1. The van der Waals surface area contributed by atoms with E-state index in [9.17, 15) is 18.0 Å². The second-order valence-electron chi connectivity index (χ2n) is 4.88. The molecule has 1 amide bonds. The number of rotatable bonds is 6. The zero-order valence-electron chi connectivity index (χ0n) is 11.9. The van der Waals surface area contributed by atoms with Crippen molar-refractivity contribution in [3.63, 3.8) is 0 Å². The van der Waals surface area contributed by atoms with E-state index in [2.05, 4.69) is 10.3 Å². The number of nitrogens with one attached hydrogen (secondary N) is 1. The maximum atomic E-state index is 12.7. The van der Waals surface area contributed by atoms with Crippen molar-refractivity contribution < 1.29 is 18.0 Å². The number of nitrogens with zero attached hydrogens (tertiary/aromatic N) is 1. The number of aromatic nitrogens is 1. The quantitative estimate of drug-likeness (QED) is 0.750. The lowest BCUT2D eigenvalue weighted by atomic mass is 9.94. The van der Waals surface area contributed by atoms with Gasteiger partial charge in [0, 0.05) is 12.1 Å². The highest BCUT2D eigenvalue weighted by Gasteiger charge is 2.33. The van der Waals surface area contributed by atoms with Gasteiger partial charge in [-0.1, -0.05) is 13.8 Å². The van der Waals surface area contributed by atoms with E-state index >= 15 is 0 Å². The fourth-order valence-electron chi connectivity index (χ4n) is 1.71. The summed E-state index contributed by atoms with van der Waals surface area (Å²) in [4.78, 5) is 14.7. The van der Waals surface area contributed by atoms with Gasteiger partial charge in [0.25, 0.3) is 5.91 Å². The smallest absolute Gasteiger partial charge is 0.368 e. The first-order valence-electron chi connectivity index (χ1n) is 6.53. The zero-order valence-corrected chi connectivity index (χ0v) is 11.9. The Morgan fingerprint density at radius 2 is 1.86 bits per heavy atom. The van der Waals surface area contributed by atoms with Gasteiger partial charge >= 0.3 is 6.18 Å². The van der Waals surface area contributed by atoms with E-state index in [-0.39, 0.29) is 17.9 Å². The van der Waals surface area contributed by atoms with Crippen molar-refractivity contribution in [2.24, 2.45) is 11.5 Å². The second-order valence-corrected chi connectivity index (χ2v) is 4.88. The Morgan fingerprint density at radius 3 is 2.29 bits per heavy atom. The van der Waals surface area contributed by atoms with Crippen molar-refractivity contribution >= 4 is 11.7 Å². The summed E-state index contributed by atoms with van der Waals surface area (Å²) in [5.41, 5.74) is 9.43. The number of halogens is 3. The van der Waals surface area contributed by atoms with Gasteiger partial charge in [0.05, 0.1) is 5.56 Å². The predicted molar refractivity (Wildman–Crippen MR) is 73.7 cm³/mol.